The number of amides is 1. The van der Waals surface area contributed by atoms with Crippen molar-refractivity contribution in [2.24, 2.45) is 0 Å². The number of aromatic nitrogens is 2. The summed E-state index contributed by atoms with van der Waals surface area (Å²) in [5, 5.41) is 15.0. The van der Waals surface area contributed by atoms with E-state index in [2.05, 4.69) is 34.3 Å². The van der Waals surface area contributed by atoms with Crippen molar-refractivity contribution in [1.29, 1.82) is 5.26 Å². The summed E-state index contributed by atoms with van der Waals surface area (Å²) in [4.78, 5) is 32.8. The zero-order valence-corrected chi connectivity index (χ0v) is 18.5. The first-order chi connectivity index (χ1) is 14.4. The van der Waals surface area contributed by atoms with E-state index in [-0.39, 0.29) is 23.0 Å². The third-order valence-electron chi connectivity index (χ3n) is 4.43. The Labute approximate surface area is 183 Å². The summed E-state index contributed by atoms with van der Waals surface area (Å²) in [5.74, 6) is -0.295. The maximum absolute atomic E-state index is 12.3. The summed E-state index contributed by atoms with van der Waals surface area (Å²) in [6.07, 6.45) is 0.982. The minimum atomic E-state index is -0.235. The molecule has 6 nitrogen and oxygen atoms in total. The maximum Gasteiger partial charge on any atom is 0.236 e. The van der Waals surface area contributed by atoms with Gasteiger partial charge < -0.3 is 5.32 Å². The molecule has 1 N–H and O–H groups in total. The first-order valence-electron chi connectivity index (χ1n) is 9.31. The van der Waals surface area contributed by atoms with Crippen LogP contribution in [-0.4, -0.2) is 27.4 Å². The van der Waals surface area contributed by atoms with Crippen LogP contribution in [0.5, 0.6) is 0 Å². The molecule has 0 aliphatic heterocycles. The Morgan fingerprint density at radius 3 is 2.60 bits per heavy atom. The number of hydrogen-bond donors (Lipinski definition) is 1. The van der Waals surface area contributed by atoms with Crippen LogP contribution in [0.2, 0.25) is 0 Å². The van der Waals surface area contributed by atoms with Crippen LogP contribution < -0.4 is 5.32 Å². The first-order valence-corrected chi connectivity index (χ1v) is 11.2. The van der Waals surface area contributed by atoms with E-state index in [1.54, 1.807) is 6.92 Å². The third-order valence-corrected chi connectivity index (χ3v) is 6.18. The second-order valence-electron chi connectivity index (χ2n) is 6.57. The molecule has 0 radical (unpaired) electrons. The number of Topliss-reactive ketones (excluding diaryl/α,β-unsaturated/α-hetero) is 1. The molecular weight excluding hydrogens is 416 g/mol. The number of benzene rings is 1. The van der Waals surface area contributed by atoms with Gasteiger partial charge in [-0.2, -0.15) is 5.26 Å². The normalized spacial score (nSPS) is 10.5. The number of thioether (sulfide) groups is 1. The number of nitrogens with zero attached hydrogens (tertiary/aromatic N) is 3. The summed E-state index contributed by atoms with van der Waals surface area (Å²) in [6.45, 7) is 5.26. The van der Waals surface area contributed by atoms with Crippen molar-refractivity contribution in [3.8, 4) is 17.3 Å². The van der Waals surface area contributed by atoms with Crippen molar-refractivity contribution < 1.29 is 9.59 Å². The molecular formula is C22H20N4O2S2. The van der Waals surface area contributed by atoms with Crippen LogP contribution in [0.1, 0.15) is 41.0 Å². The van der Waals surface area contributed by atoms with Crippen LogP contribution in [0.25, 0.3) is 11.3 Å². The van der Waals surface area contributed by atoms with Gasteiger partial charge in [-0.3, -0.25) is 9.59 Å². The second kappa shape index (κ2) is 9.65. The van der Waals surface area contributed by atoms with Gasteiger partial charge in [0.05, 0.1) is 17.0 Å². The van der Waals surface area contributed by atoms with Gasteiger partial charge in [0.2, 0.25) is 5.91 Å². The number of nitrogens with one attached hydrogen (secondary N) is 1. The van der Waals surface area contributed by atoms with Crippen molar-refractivity contribution in [1.82, 2.24) is 9.97 Å². The molecule has 0 spiro atoms. The van der Waals surface area contributed by atoms with Gasteiger partial charge >= 0.3 is 0 Å². The first kappa shape index (κ1) is 21.7. The Balaban J connectivity index is 1.64. The number of thiazole rings is 1. The van der Waals surface area contributed by atoms with E-state index in [4.69, 9.17) is 0 Å². The van der Waals surface area contributed by atoms with Crippen LogP contribution >= 0.6 is 23.1 Å². The quantitative estimate of drug-likeness (QED) is 0.419. The average molecular weight is 437 g/mol. The zero-order chi connectivity index (χ0) is 21.7. The highest BCUT2D eigenvalue weighted by Gasteiger charge is 2.15. The predicted octanol–water partition coefficient (Wildman–Crippen LogP) is 4.88. The summed E-state index contributed by atoms with van der Waals surface area (Å²) in [5.41, 5.74) is 4.33. The lowest BCUT2D eigenvalue weighted by molar-refractivity contribution is -0.113. The molecule has 0 unspecified atom stereocenters. The molecule has 3 rings (SSSR count). The number of carbonyl (C=O) groups is 2. The molecule has 1 amide bonds. The van der Waals surface area contributed by atoms with E-state index in [1.807, 2.05) is 23.6 Å². The molecule has 0 fully saturated rings. The fourth-order valence-corrected chi connectivity index (χ4v) is 4.33. The number of ketones is 1. The Morgan fingerprint density at radius 1 is 1.23 bits per heavy atom. The predicted molar refractivity (Wildman–Crippen MR) is 120 cm³/mol. The van der Waals surface area contributed by atoms with Crippen LogP contribution in [0, 0.1) is 18.3 Å². The van der Waals surface area contributed by atoms with Gasteiger partial charge in [-0.1, -0.05) is 43.0 Å². The van der Waals surface area contributed by atoms with Gasteiger partial charge in [0.15, 0.2) is 10.9 Å². The van der Waals surface area contributed by atoms with Gasteiger partial charge in [-0.25, -0.2) is 9.97 Å². The zero-order valence-electron chi connectivity index (χ0n) is 16.9. The van der Waals surface area contributed by atoms with Gasteiger partial charge in [0.1, 0.15) is 11.1 Å². The van der Waals surface area contributed by atoms with Gasteiger partial charge in [0.25, 0.3) is 0 Å². The average Bonchev–Trinajstić information content (AvgIpc) is 3.20. The summed E-state index contributed by atoms with van der Waals surface area (Å²) in [6, 6.07) is 11.8. The SMILES string of the molecule is CCc1ccc(-c2csc(NC(=O)CSc3nc(C)c(C(C)=O)cc3C#N)n2)cc1. The van der Waals surface area contributed by atoms with Crippen LogP contribution in [0.3, 0.4) is 0 Å². The van der Waals surface area contributed by atoms with E-state index in [9.17, 15) is 14.9 Å². The Morgan fingerprint density at radius 2 is 1.97 bits per heavy atom. The number of carbonyl (C=O) groups excluding carboxylic acids is 2. The molecule has 0 aliphatic rings. The largest absolute Gasteiger partial charge is 0.301 e. The summed E-state index contributed by atoms with van der Waals surface area (Å²) in [7, 11) is 0. The Bertz CT molecular complexity index is 1130. The van der Waals surface area contributed by atoms with Crippen LogP contribution in [-0.2, 0) is 11.2 Å². The van der Waals surface area contributed by atoms with E-state index in [0.717, 1.165) is 29.4 Å². The highest BCUT2D eigenvalue weighted by molar-refractivity contribution is 8.00. The van der Waals surface area contributed by atoms with Gasteiger partial charge in [-0.05, 0) is 31.9 Å². The third kappa shape index (κ3) is 5.12. The second-order valence-corrected chi connectivity index (χ2v) is 8.39. The number of pyridine rings is 1. The van der Waals surface area contributed by atoms with E-state index in [1.165, 1.54) is 29.9 Å². The van der Waals surface area contributed by atoms with E-state index in [0.29, 0.717) is 21.4 Å². The van der Waals surface area contributed by atoms with Crippen molar-refractivity contribution in [2.75, 3.05) is 11.1 Å². The van der Waals surface area contributed by atoms with Crippen molar-refractivity contribution in [2.45, 2.75) is 32.2 Å². The highest BCUT2D eigenvalue weighted by atomic mass is 32.2. The molecule has 2 aromatic heterocycles. The van der Waals surface area contributed by atoms with Crippen LogP contribution in [0.4, 0.5) is 5.13 Å². The number of rotatable bonds is 7. The van der Waals surface area contributed by atoms with Gasteiger partial charge in [0, 0.05) is 22.2 Å². The minimum absolute atomic E-state index is 0.0840. The number of aryl methyl sites for hydroxylation is 2. The topological polar surface area (TPSA) is 95.7 Å². The lowest BCUT2D eigenvalue weighted by atomic mass is 10.1. The molecule has 3 aromatic rings. The molecule has 2 heterocycles. The highest BCUT2D eigenvalue weighted by Crippen LogP contribution is 2.26. The molecule has 8 heteroatoms. The number of nitriles is 1. The molecule has 0 bridgehead atoms. The molecule has 0 aliphatic carbocycles. The maximum atomic E-state index is 12.3. The number of anilines is 1. The fraction of sp³-hybridized carbons (Fsp3) is 0.227. The monoisotopic (exact) mass is 436 g/mol. The van der Waals surface area contributed by atoms with Crippen molar-refractivity contribution in [3.63, 3.8) is 0 Å². The minimum Gasteiger partial charge on any atom is -0.301 e. The smallest absolute Gasteiger partial charge is 0.236 e. The Hall–Kier alpha value is -3.02. The summed E-state index contributed by atoms with van der Waals surface area (Å²) < 4.78 is 0. The van der Waals surface area contributed by atoms with Crippen LogP contribution in [0.15, 0.2) is 40.7 Å². The molecule has 0 saturated carbocycles. The molecule has 0 atom stereocenters. The van der Waals surface area contributed by atoms with Crippen molar-refractivity contribution >= 4 is 39.9 Å². The van der Waals surface area contributed by atoms with E-state index >= 15 is 0 Å². The number of hydrogen-bond acceptors (Lipinski definition) is 7. The molecule has 1 aromatic carbocycles. The van der Waals surface area contributed by atoms with E-state index < -0.39 is 0 Å². The molecule has 152 valence electrons. The summed E-state index contributed by atoms with van der Waals surface area (Å²) >= 11 is 2.52. The van der Waals surface area contributed by atoms with Crippen molar-refractivity contribution in [3.05, 3.63) is 58.1 Å². The molecule has 30 heavy (non-hydrogen) atoms. The fourth-order valence-electron chi connectivity index (χ4n) is 2.79. The molecule has 0 saturated heterocycles. The standard InChI is InChI=1S/C22H20N4O2S2/c1-4-15-5-7-16(8-6-15)19-11-30-22(25-19)26-20(28)12-29-21-17(10-23)9-18(14(3)27)13(2)24-21/h5-9,11H,4,12H2,1-3H3,(H,25,26,28). The lowest BCUT2D eigenvalue weighted by Gasteiger charge is -2.07. The Kier molecular flexibility index (Phi) is 6.98. The van der Waals surface area contributed by atoms with Gasteiger partial charge in [-0.15, -0.1) is 11.3 Å². The lowest BCUT2D eigenvalue weighted by Crippen LogP contribution is -2.14.